The van der Waals surface area contributed by atoms with Crippen LogP contribution >= 0.6 is 0 Å². The standard InChI is InChI=1S/C14H16.C2H4/c1-10-7-8-14-11(2)5-4-6-13(14)12(3)9-10;1-2/h4-7,9H,8H2,1-3H3;1-2H2. The van der Waals surface area contributed by atoms with Gasteiger partial charge in [-0.25, -0.2) is 0 Å². The van der Waals surface area contributed by atoms with Crippen LogP contribution in [0.5, 0.6) is 0 Å². The van der Waals surface area contributed by atoms with Crippen molar-refractivity contribution in [3.05, 3.63) is 65.8 Å². The molecule has 0 saturated carbocycles. The topological polar surface area (TPSA) is 0 Å². The largest absolute Gasteiger partial charge is 0.106 e. The Labute approximate surface area is 99.0 Å². The monoisotopic (exact) mass is 212 g/mol. The van der Waals surface area contributed by atoms with Crippen LogP contribution in [0.25, 0.3) is 5.57 Å². The highest BCUT2D eigenvalue weighted by molar-refractivity contribution is 5.71. The summed E-state index contributed by atoms with van der Waals surface area (Å²) in [5.74, 6) is 0. The summed E-state index contributed by atoms with van der Waals surface area (Å²) in [7, 11) is 0. The first-order valence-electron chi connectivity index (χ1n) is 5.62. The Morgan fingerprint density at radius 1 is 1.06 bits per heavy atom. The summed E-state index contributed by atoms with van der Waals surface area (Å²) in [5.41, 5.74) is 7.06. The number of rotatable bonds is 0. The van der Waals surface area contributed by atoms with Gasteiger partial charge in [-0.3, -0.25) is 0 Å². The summed E-state index contributed by atoms with van der Waals surface area (Å²) in [6.07, 6.45) is 5.65. The lowest BCUT2D eigenvalue weighted by atomic mass is 9.96. The lowest BCUT2D eigenvalue weighted by Crippen LogP contribution is -1.92. The molecule has 0 N–H and O–H groups in total. The molecule has 0 aliphatic heterocycles. The Morgan fingerprint density at radius 3 is 2.44 bits per heavy atom. The zero-order valence-electron chi connectivity index (χ0n) is 10.5. The Kier molecular flexibility index (Phi) is 4.30. The van der Waals surface area contributed by atoms with Crippen LogP contribution in [0.4, 0.5) is 0 Å². The van der Waals surface area contributed by atoms with Gasteiger partial charge in [-0.15, -0.1) is 13.2 Å². The molecule has 0 bridgehead atoms. The van der Waals surface area contributed by atoms with E-state index in [0.717, 1.165) is 6.42 Å². The van der Waals surface area contributed by atoms with Gasteiger partial charge < -0.3 is 0 Å². The smallest absolute Gasteiger partial charge is 0.00831 e. The van der Waals surface area contributed by atoms with Crippen LogP contribution < -0.4 is 0 Å². The summed E-state index contributed by atoms with van der Waals surface area (Å²) in [5, 5.41) is 0. The average molecular weight is 212 g/mol. The molecular formula is C16H20. The van der Waals surface area contributed by atoms with Gasteiger partial charge in [-0.1, -0.05) is 35.9 Å². The van der Waals surface area contributed by atoms with Crippen LogP contribution in [-0.2, 0) is 6.42 Å². The summed E-state index contributed by atoms with van der Waals surface area (Å²) >= 11 is 0. The third-order valence-electron chi connectivity index (χ3n) is 2.91. The lowest BCUT2D eigenvalue weighted by Gasteiger charge is -2.09. The number of fused-ring (bicyclic) bond motifs is 1. The highest BCUT2D eigenvalue weighted by Gasteiger charge is 2.08. The molecule has 16 heavy (non-hydrogen) atoms. The quantitative estimate of drug-likeness (QED) is 0.547. The van der Waals surface area contributed by atoms with Crippen molar-refractivity contribution < 1.29 is 0 Å². The lowest BCUT2D eigenvalue weighted by molar-refractivity contribution is 1.19. The van der Waals surface area contributed by atoms with E-state index in [2.05, 4.69) is 64.3 Å². The number of benzene rings is 1. The van der Waals surface area contributed by atoms with Crippen molar-refractivity contribution in [2.75, 3.05) is 0 Å². The molecule has 0 unspecified atom stereocenters. The number of hydrogen-bond donors (Lipinski definition) is 0. The summed E-state index contributed by atoms with van der Waals surface area (Å²) in [6.45, 7) is 12.6. The van der Waals surface area contributed by atoms with Crippen molar-refractivity contribution in [1.82, 2.24) is 0 Å². The predicted octanol–water partition coefficient (Wildman–Crippen LogP) is 4.70. The molecule has 1 aromatic rings. The van der Waals surface area contributed by atoms with Gasteiger partial charge in [0.25, 0.3) is 0 Å². The first-order chi connectivity index (χ1) is 7.68. The first kappa shape index (κ1) is 12.5. The Hall–Kier alpha value is -1.56. The molecule has 2 rings (SSSR count). The van der Waals surface area contributed by atoms with Crippen LogP contribution in [0, 0.1) is 6.92 Å². The molecule has 0 nitrogen and oxygen atoms in total. The summed E-state index contributed by atoms with van der Waals surface area (Å²) < 4.78 is 0. The molecule has 1 aliphatic rings. The van der Waals surface area contributed by atoms with Gasteiger partial charge in [-0.05, 0) is 49.5 Å². The van der Waals surface area contributed by atoms with Crippen molar-refractivity contribution in [3.63, 3.8) is 0 Å². The van der Waals surface area contributed by atoms with Crippen molar-refractivity contribution >= 4 is 5.57 Å². The number of allylic oxidation sites excluding steroid dienone is 4. The van der Waals surface area contributed by atoms with Gasteiger partial charge >= 0.3 is 0 Å². The van der Waals surface area contributed by atoms with Crippen molar-refractivity contribution in [1.29, 1.82) is 0 Å². The van der Waals surface area contributed by atoms with Gasteiger partial charge in [0.15, 0.2) is 0 Å². The van der Waals surface area contributed by atoms with E-state index in [-0.39, 0.29) is 0 Å². The minimum atomic E-state index is 1.07. The molecule has 0 radical (unpaired) electrons. The minimum Gasteiger partial charge on any atom is -0.106 e. The third-order valence-corrected chi connectivity index (χ3v) is 2.91. The SMILES string of the molecule is C=C.CC1=CCc2c(C)cccc2C(C)=C1. The average Bonchev–Trinajstić information content (AvgIpc) is 2.43. The molecule has 84 valence electrons. The Morgan fingerprint density at radius 2 is 1.75 bits per heavy atom. The van der Waals surface area contributed by atoms with Crippen molar-refractivity contribution in [2.24, 2.45) is 0 Å². The minimum absolute atomic E-state index is 1.07. The van der Waals surface area contributed by atoms with E-state index in [9.17, 15) is 0 Å². The molecule has 0 heteroatoms. The fourth-order valence-electron chi connectivity index (χ4n) is 2.08. The molecule has 1 aliphatic carbocycles. The second-order valence-electron chi connectivity index (χ2n) is 4.08. The van der Waals surface area contributed by atoms with E-state index >= 15 is 0 Å². The molecule has 0 fully saturated rings. The highest BCUT2D eigenvalue weighted by Crippen LogP contribution is 2.26. The van der Waals surface area contributed by atoms with Crippen LogP contribution in [0.15, 0.2) is 49.1 Å². The van der Waals surface area contributed by atoms with E-state index in [4.69, 9.17) is 0 Å². The molecule has 0 heterocycles. The molecule has 0 aromatic heterocycles. The maximum atomic E-state index is 3.00. The van der Waals surface area contributed by atoms with Crippen LogP contribution in [0.2, 0.25) is 0 Å². The number of aryl methyl sites for hydroxylation is 1. The molecular weight excluding hydrogens is 192 g/mol. The summed E-state index contributed by atoms with van der Waals surface area (Å²) in [4.78, 5) is 0. The van der Waals surface area contributed by atoms with Crippen LogP contribution in [-0.4, -0.2) is 0 Å². The van der Waals surface area contributed by atoms with Crippen molar-refractivity contribution in [3.8, 4) is 0 Å². The first-order valence-corrected chi connectivity index (χ1v) is 5.62. The van der Waals surface area contributed by atoms with Crippen LogP contribution in [0.3, 0.4) is 0 Å². The molecule has 1 aromatic carbocycles. The van der Waals surface area contributed by atoms with E-state index in [0.29, 0.717) is 0 Å². The second kappa shape index (κ2) is 5.50. The zero-order valence-corrected chi connectivity index (χ0v) is 10.5. The predicted molar refractivity (Wildman–Crippen MR) is 73.5 cm³/mol. The van der Waals surface area contributed by atoms with E-state index in [1.165, 1.54) is 27.8 Å². The van der Waals surface area contributed by atoms with Gasteiger partial charge in [0, 0.05) is 0 Å². The molecule has 0 saturated heterocycles. The van der Waals surface area contributed by atoms with Gasteiger partial charge in [0.2, 0.25) is 0 Å². The van der Waals surface area contributed by atoms with Gasteiger partial charge in [0.05, 0.1) is 0 Å². The molecule has 0 atom stereocenters. The fourth-order valence-corrected chi connectivity index (χ4v) is 2.08. The Balaban J connectivity index is 0.000000606. The van der Waals surface area contributed by atoms with Gasteiger partial charge in [0.1, 0.15) is 0 Å². The van der Waals surface area contributed by atoms with Crippen molar-refractivity contribution in [2.45, 2.75) is 27.2 Å². The fraction of sp³-hybridized carbons (Fsp3) is 0.250. The van der Waals surface area contributed by atoms with Gasteiger partial charge in [-0.2, -0.15) is 0 Å². The Bertz CT molecular complexity index is 433. The molecule has 0 spiro atoms. The maximum absolute atomic E-state index is 3.00. The third kappa shape index (κ3) is 2.52. The second-order valence-corrected chi connectivity index (χ2v) is 4.08. The maximum Gasteiger partial charge on any atom is -0.00831 e. The van der Waals surface area contributed by atoms with E-state index in [1.54, 1.807) is 0 Å². The molecule has 0 amide bonds. The summed E-state index contributed by atoms with van der Waals surface area (Å²) in [6, 6.07) is 6.56. The number of hydrogen-bond acceptors (Lipinski definition) is 0. The van der Waals surface area contributed by atoms with E-state index in [1.807, 2.05) is 0 Å². The van der Waals surface area contributed by atoms with Crippen LogP contribution in [0.1, 0.15) is 30.5 Å². The normalized spacial score (nSPS) is 13.7. The zero-order chi connectivity index (χ0) is 12.1. The van der Waals surface area contributed by atoms with E-state index < -0.39 is 0 Å². The highest BCUT2D eigenvalue weighted by atomic mass is 14.1.